The van der Waals surface area contributed by atoms with Gasteiger partial charge in [-0.25, -0.2) is 4.79 Å². The Morgan fingerprint density at radius 2 is 1.67 bits per heavy atom. The molecule has 0 heterocycles. The molecule has 0 fully saturated rings. The van der Waals surface area contributed by atoms with E-state index in [2.05, 4.69) is 0 Å². The van der Waals surface area contributed by atoms with Crippen molar-refractivity contribution in [1.82, 2.24) is 0 Å². The van der Waals surface area contributed by atoms with Crippen molar-refractivity contribution in [2.24, 2.45) is 0 Å². The van der Waals surface area contributed by atoms with Crippen LogP contribution >= 0.6 is 0 Å². The molecule has 5 nitrogen and oxygen atoms in total. The van der Waals surface area contributed by atoms with Crippen LogP contribution in [0.5, 0.6) is 11.5 Å². The molecule has 0 bridgehead atoms. The van der Waals surface area contributed by atoms with Crippen LogP contribution in [-0.2, 0) is 16.6 Å². The topological polar surface area (TPSA) is 72.8 Å². The van der Waals surface area contributed by atoms with Gasteiger partial charge in [0.25, 0.3) is 0 Å². The second kappa shape index (κ2) is 9.08. The van der Waals surface area contributed by atoms with E-state index in [1.807, 2.05) is 24.3 Å². The summed E-state index contributed by atoms with van der Waals surface area (Å²) < 4.78 is 22.7. The number of benzene rings is 2. The van der Waals surface area contributed by atoms with Gasteiger partial charge in [0.15, 0.2) is 0 Å². The van der Waals surface area contributed by atoms with Gasteiger partial charge in [-0.2, -0.15) is 0 Å². The van der Waals surface area contributed by atoms with E-state index in [0.717, 1.165) is 17.1 Å². The quantitative estimate of drug-likeness (QED) is 0.705. The molecule has 0 aromatic heterocycles. The summed E-state index contributed by atoms with van der Waals surface area (Å²) >= 11 is 0. The third kappa shape index (κ3) is 5.70. The van der Waals surface area contributed by atoms with E-state index >= 15 is 0 Å². The first-order chi connectivity index (χ1) is 11.6. The molecule has 0 saturated carbocycles. The third-order valence-electron chi connectivity index (χ3n) is 3.37. The lowest BCUT2D eigenvalue weighted by Gasteiger charge is -2.07. The molecule has 0 aliphatic carbocycles. The maximum atomic E-state index is 12.0. The highest BCUT2D eigenvalue weighted by Gasteiger charge is 2.05. The fourth-order valence-electron chi connectivity index (χ4n) is 2.08. The summed E-state index contributed by atoms with van der Waals surface area (Å²) in [6, 6.07) is 13.8. The van der Waals surface area contributed by atoms with Gasteiger partial charge in [-0.3, -0.25) is 4.21 Å². The zero-order valence-corrected chi connectivity index (χ0v) is 14.3. The summed E-state index contributed by atoms with van der Waals surface area (Å²) in [5.41, 5.74) is 1.10. The minimum Gasteiger partial charge on any atom is -0.497 e. The predicted octanol–water partition coefficient (Wildman–Crippen LogP) is 3.11. The van der Waals surface area contributed by atoms with Gasteiger partial charge < -0.3 is 14.6 Å². The van der Waals surface area contributed by atoms with Crippen molar-refractivity contribution in [3.8, 4) is 11.5 Å². The first-order valence-corrected chi connectivity index (χ1v) is 9.01. The first-order valence-electron chi connectivity index (χ1n) is 7.52. The monoisotopic (exact) mass is 348 g/mol. The van der Waals surface area contributed by atoms with Crippen molar-refractivity contribution < 1.29 is 23.6 Å². The lowest BCUT2D eigenvalue weighted by molar-refractivity contribution is 0.0697. The van der Waals surface area contributed by atoms with Gasteiger partial charge in [0.2, 0.25) is 0 Å². The van der Waals surface area contributed by atoms with Crippen LogP contribution in [-0.4, -0.2) is 34.8 Å². The van der Waals surface area contributed by atoms with Gasteiger partial charge in [-0.1, -0.05) is 12.1 Å². The van der Waals surface area contributed by atoms with Crippen LogP contribution in [0.25, 0.3) is 0 Å². The number of aromatic carboxylic acids is 1. The van der Waals surface area contributed by atoms with Crippen molar-refractivity contribution in [1.29, 1.82) is 0 Å². The molecule has 2 rings (SSSR count). The third-order valence-corrected chi connectivity index (χ3v) is 4.77. The van der Waals surface area contributed by atoms with E-state index in [4.69, 9.17) is 14.6 Å². The van der Waals surface area contributed by atoms with E-state index in [1.165, 1.54) is 12.1 Å². The number of rotatable bonds is 9. The van der Waals surface area contributed by atoms with Gasteiger partial charge in [0.1, 0.15) is 11.5 Å². The smallest absolute Gasteiger partial charge is 0.335 e. The minimum absolute atomic E-state index is 0.234. The molecule has 1 atom stereocenters. The Kier molecular flexibility index (Phi) is 6.81. The van der Waals surface area contributed by atoms with Crippen molar-refractivity contribution in [2.45, 2.75) is 12.2 Å². The van der Waals surface area contributed by atoms with E-state index < -0.39 is 16.8 Å². The Morgan fingerprint density at radius 3 is 2.25 bits per heavy atom. The maximum Gasteiger partial charge on any atom is 0.335 e. The number of carbonyl (C=O) groups is 1. The molecule has 0 radical (unpaired) electrons. The van der Waals surface area contributed by atoms with Gasteiger partial charge >= 0.3 is 5.97 Å². The lowest BCUT2D eigenvalue weighted by Crippen LogP contribution is -2.06. The zero-order valence-electron chi connectivity index (χ0n) is 13.4. The zero-order chi connectivity index (χ0) is 17.4. The van der Waals surface area contributed by atoms with E-state index in [9.17, 15) is 9.00 Å². The number of carboxylic acid groups (broad SMARTS) is 1. The second-order valence-electron chi connectivity index (χ2n) is 5.17. The summed E-state index contributed by atoms with van der Waals surface area (Å²) in [5.74, 6) is 1.53. The van der Waals surface area contributed by atoms with Crippen LogP contribution in [0, 0.1) is 0 Å². The van der Waals surface area contributed by atoms with Gasteiger partial charge in [0.05, 0.1) is 19.3 Å². The van der Waals surface area contributed by atoms with Crippen molar-refractivity contribution >= 4 is 16.8 Å². The first kappa shape index (κ1) is 18.0. The molecular formula is C18H20O5S. The molecule has 128 valence electrons. The molecule has 2 aromatic carbocycles. The average Bonchev–Trinajstić information content (AvgIpc) is 2.59. The fraction of sp³-hybridized carbons (Fsp3) is 0.278. The standard InChI is InChI=1S/C18H20O5S/c1-22-16-7-9-17(10-8-16)23-11-2-12-24(21)13-14-3-5-15(6-4-14)18(19)20/h3-10H,2,11-13H2,1H3,(H,19,20). The van der Waals surface area contributed by atoms with Crippen LogP contribution in [0.4, 0.5) is 0 Å². The number of methoxy groups -OCH3 is 1. The Morgan fingerprint density at radius 1 is 1.04 bits per heavy atom. The average molecular weight is 348 g/mol. The summed E-state index contributed by atoms with van der Waals surface area (Å²) in [6.07, 6.45) is 0.686. The van der Waals surface area contributed by atoms with Crippen LogP contribution in [0.15, 0.2) is 48.5 Å². The summed E-state index contributed by atoms with van der Waals surface area (Å²) in [7, 11) is 0.613. The highest BCUT2D eigenvalue weighted by molar-refractivity contribution is 7.84. The van der Waals surface area contributed by atoms with Crippen molar-refractivity contribution in [3.05, 3.63) is 59.7 Å². The summed E-state index contributed by atoms with van der Waals surface area (Å²) in [5, 5.41) is 8.84. The Hall–Kier alpha value is -2.34. The van der Waals surface area contributed by atoms with E-state index in [0.29, 0.717) is 24.5 Å². The Bertz CT molecular complexity index is 680. The minimum atomic E-state index is -0.999. The van der Waals surface area contributed by atoms with E-state index in [-0.39, 0.29) is 5.56 Å². The highest BCUT2D eigenvalue weighted by Crippen LogP contribution is 2.17. The fourth-order valence-corrected chi connectivity index (χ4v) is 3.23. The van der Waals surface area contributed by atoms with Crippen LogP contribution in [0.3, 0.4) is 0 Å². The number of hydrogen-bond acceptors (Lipinski definition) is 4. The van der Waals surface area contributed by atoms with Crippen LogP contribution < -0.4 is 9.47 Å². The molecule has 0 saturated heterocycles. The molecule has 0 aliphatic heterocycles. The molecule has 0 amide bonds. The van der Waals surface area contributed by atoms with Gasteiger partial charge in [-0.15, -0.1) is 0 Å². The normalized spacial score (nSPS) is 11.7. The highest BCUT2D eigenvalue weighted by atomic mass is 32.2. The number of ether oxygens (including phenoxy) is 2. The molecule has 1 N–H and O–H groups in total. The Labute approximate surface area is 143 Å². The second-order valence-corrected chi connectivity index (χ2v) is 6.74. The van der Waals surface area contributed by atoms with Gasteiger partial charge in [0, 0.05) is 22.3 Å². The Balaban J connectivity index is 1.69. The SMILES string of the molecule is COc1ccc(OCCCS(=O)Cc2ccc(C(=O)O)cc2)cc1. The molecule has 24 heavy (non-hydrogen) atoms. The van der Waals surface area contributed by atoms with Crippen molar-refractivity contribution in [2.75, 3.05) is 19.5 Å². The summed E-state index contributed by atoms with van der Waals surface area (Å²) in [4.78, 5) is 10.8. The molecule has 0 spiro atoms. The molecule has 2 aromatic rings. The molecule has 0 aliphatic rings. The number of carboxylic acids is 1. The van der Waals surface area contributed by atoms with Crippen LogP contribution in [0.2, 0.25) is 0 Å². The van der Waals surface area contributed by atoms with Crippen molar-refractivity contribution in [3.63, 3.8) is 0 Å². The predicted molar refractivity (Wildman–Crippen MR) is 93.2 cm³/mol. The van der Waals surface area contributed by atoms with E-state index in [1.54, 1.807) is 19.2 Å². The van der Waals surface area contributed by atoms with Gasteiger partial charge in [-0.05, 0) is 48.4 Å². The summed E-state index contributed by atoms with van der Waals surface area (Å²) in [6.45, 7) is 0.496. The largest absolute Gasteiger partial charge is 0.497 e. The maximum absolute atomic E-state index is 12.0. The number of hydrogen-bond donors (Lipinski definition) is 1. The molecular weight excluding hydrogens is 328 g/mol. The van der Waals surface area contributed by atoms with Crippen LogP contribution in [0.1, 0.15) is 22.3 Å². The lowest BCUT2D eigenvalue weighted by atomic mass is 10.1. The molecule has 1 unspecified atom stereocenters. The molecule has 6 heteroatoms.